The van der Waals surface area contributed by atoms with E-state index >= 15 is 0 Å². The molecule has 0 unspecified atom stereocenters. The average molecular weight is 294 g/mol. The Kier molecular flexibility index (Phi) is 4.82. The second-order valence-electron chi connectivity index (χ2n) is 5.81. The fraction of sp³-hybridized carbons (Fsp3) is 0.643. The zero-order chi connectivity index (χ0) is 15.3. The highest BCUT2D eigenvalue weighted by atomic mass is 16.4. The van der Waals surface area contributed by atoms with Crippen LogP contribution in [0.4, 0.5) is 4.79 Å². The fourth-order valence-electron chi connectivity index (χ4n) is 2.67. The second kappa shape index (κ2) is 6.60. The van der Waals surface area contributed by atoms with E-state index in [9.17, 15) is 9.59 Å². The number of carboxylic acids is 1. The average Bonchev–Trinajstić information content (AvgIpc) is 2.78. The van der Waals surface area contributed by atoms with Gasteiger partial charge in [-0.15, -0.1) is 0 Å². The lowest BCUT2D eigenvalue weighted by Gasteiger charge is -2.40. The van der Waals surface area contributed by atoms with Crippen molar-refractivity contribution in [3.8, 4) is 0 Å². The maximum atomic E-state index is 11.7. The summed E-state index contributed by atoms with van der Waals surface area (Å²) in [6.45, 7) is 0.960. The minimum Gasteiger partial charge on any atom is -0.481 e. The van der Waals surface area contributed by atoms with E-state index in [0.717, 1.165) is 31.2 Å². The highest BCUT2D eigenvalue weighted by Crippen LogP contribution is 2.43. The van der Waals surface area contributed by atoms with Gasteiger partial charge in [-0.2, -0.15) is 5.10 Å². The van der Waals surface area contributed by atoms with Crippen LogP contribution in [0.15, 0.2) is 12.4 Å². The number of rotatable bonds is 7. The number of hydrogen-bond acceptors (Lipinski definition) is 3. The lowest BCUT2D eigenvalue weighted by atomic mass is 9.66. The van der Waals surface area contributed by atoms with Crippen LogP contribution < -0.4 is 10.6 Å². The molecule has 21 heavy (non-hydrogen) atoms. The Labute approximate surface area is 123 Å². The molecule has 1 aromatic rings. The monoisotopic (exact) mass is 294 g/mol. The molecule has 0 aliphatic heterocycles. The molecule has 0 bridgehead atoms. The van der Waals surface area contributed by atoms with E-state index in [1.54, 1.807) is 10.9 Å². The number of amides is 2. The van der Waals surface area contributed by atoms with Gasteiger partial charge in [-0.05, 0) is 30.2 Å². The predicted octanol–water partition coefficient (Wildman–Crippen LogP) is 0.907. The summed E-state index contributed by atoms with van der Waals surface area (Å²) >= 11 is 0. The number of nitrogens with zero attached hydrogens (tertiary/aromatic N) is 2. The van der Waals surface area contributed by atoms with E-state index < -0.39 is 5.97 Å². The van der Waals surface area contributed by atoms with Crippen molar-refractivity contribution in [2.45, 2.75) is 32.1 Å². The second-order valence-corrected chi connectivity index (χ2v) is 5.81. The number of aliphatic carboxylic acids is 1. The number of carboxylic acid groups (broad SMARTS) is 1. The molecule has 0 spiro atoms. The maximum absolute atomic E-state index is 11.7. The molecule has 1 saturated carbocycles. The van der Waals surface area contributed by atoms with E-state index in [-0.39, 0.29) is 17.9 Å². The molecule has 7 nitrogen and oxygen atoms in total. The topological polar surface area (TPSA) is 96.2 Å². The molecular formula is C14H22N4O3. The molecule has 3 N–H and O–H groups in total. The third-order valence-electron chi connectivity index (χ3n) is 4.02. The fourth-order valence-corrected chi connectivity index (χ4v) is 2.67. The Bertz CT molecular complexity index is 508. The van der Waals surface area contributed by atoms with Crippen LogP contribution in [0.2, 0.25) is 0 Å². The molecule has 116 valence electrons. The largest absolute Gasteiger partial charge is 0.481 e. The number of carbonyl (C=O) groups is 2. The van der Waals surface area contributed by atoms with Gasteiger partial charge in [0.1, 0.15) is 0 Å². The Morgan fingerprint density at radius 3 is 2.71 bits per heavy atom. The first-order chi connectivity index (χ1) is 9.99. The van der Waals surface area contributed by atoms with E-state index in [4.69, 9.17) is 5.11 Å². The summed E-state index contributed by atoms with van der Waals surface area (Å²) in [5.74, 6) is -0.798. The summed E-state index contributed by atoms with van der Waals surface area (Å²) in [6, 6.07) is -0.240. The van der Waals surface area contributed by atoms with Crippen molar-refractivity contribution >= 4 is 12.0 Å². The summed E-state index contributed by atoms with van der Waals surface area (Å²) < 4.78 is 1.72. The zero-order valence-electron chi connectivity index (χ0n) is 12.3. The van der Waals surface area contributed by atoms with Crippen LogP contribution in [-0.2, 0) is 18.3 Å². The molecule has 2 amide bonds. The summed E-state index contributed by atoms with van der Waals surface area (Å²) in [7, 11) is 1.85. The van der Waals surface area contributed by atoms with Crippen molar-refractivity contribution < 1.29 is 14.7 Å². The summed E-state index contributed by atoms with van der Waals surface area (Å²) in [6.07, 6.45) is 7.32. The van der Waals surface area contributed by atoms with Gasteiger partial charge in [0.05, 0.1) is 12.6 Å². The van der Waals surface area contributed by atoms with Gasteiger partial charge in [0.15, 0.2) is 0 Å². The number of aryl methyl sites for hydroxylation is 1. The van der Waals surface area contributed by atoms with Crippen LogP contribution in [0.5, 0.6) is 0 Å². The van der Waals surface area contributed by atoms with E-state index in [2.05, 4.69) is 15.7 Å². The van der Waals surface area contributed by atoms with Crippen LogP contribution in [-0.4, -0.2) is 40.0 Å². The number of urea groups is 1. The number of hydrogen-bond donors (Lipinski definition) is 3. The molecular weight excluding hydrogens is 272 g/mol. The molecule has 1 heterocycles. The Balaban J connectivity index is 1.66. The predicted molar refractivity (Wildman–Crippen MR) is 76.9 cm³/mol. The normalized spacial score (nSPS) is 16.0. The van der Waals surface area contributed by atoms with Crippen molar-refractivity contribution in [1.29, 1.82) is 0 Å². The SMILES string of the molecule is Cn1cc(CCNC(=O)NCC2(CC(=O)O)CCC2)cn1. The first kappa shape index (κ1) is 15.3. The number of nitrogens with one attached hydrogen (secondary N) is 2. The lowest BCUT2D eigenvalue weighted by molar-refractivity contribution is -0.141. The number of carbonyl (C=O) groups excluding carboxylic acids is 1. The Morgan fingerprint density at radius 2 is 2.19 bits per heavy atom. The van der Waals surface area contributed by atoms with Crippen LogP contribution in [0.3, 0.4) is 0 Å². The van der Waals surface area contributed by atoms with Gasteiger partial charge < -0.3 is 15.7 Å². The van der Waals surface area contributed by atoms with Gasteiger partial charge in [0.2, 0.25) is 0 Å². The van der Waals surface area contributed by atoms with Crippen molar-refractivity contribution in [3.63, 3.8) is 0 Å². The molecule has 2 rings (SSSR count). The molecule has 7 heteroatoms. The van der Waals surface area contributed by atoms with Gasteiger partial charge in [0.25, 0.3) is 0 Å². The zero-order valence-corrected chi connectivity index (χ0v) is 12.3. The van der Waals surface area contributed by atoms with Gasteiger partial charge >= 0.3 is 12.0 Å². The highest BCUT2D eigenvalue weighted by molar-refractivity contribution is 5.74. The highest BCUT2D eigenvalue weighted by Gasteiger charge is 2.39. The summed E-state index contributed by atoms with van der Waals surface area (Å²) in [4.78, 5) is 22.6. The summed E-state index contributed by atoms with van der Waals surface area (Å²) in [5.41, 5.74) is 0.825. The van der Waals surface area contributed by atoms with Crippen molar-refractivity contribution in [2.75, 3.05) is 13.1 Å². The van der Waals surface area contributed by atoms with E-state index in [0.29, 0.717) is 13.1 Å². The lowest BCUT2D eigenvalue weighted by Crippen LogP contribution is -2.46. The molecule has 0 saturated heterocycles. The van der Waals surface area contributed by atoms with Gasteiger partial charge in [0, 0.05) is 26.3 Å². The van der Waals surface area contributed by atoms with Crippen LogP contribution in [0.1, 0.15) is 31.2 Å². The molecule has 1 fully saturated rings. The van der Waals surface area contributed by atoms with Crippen LogP contribution in [0, 0.1) is 5.41 Å². The molecule has 0 atom stereocenters. The minimum atomic E-state index is -0.798. The van der Waals surface area contributed by atoms with Gasteiger partial charge in [-0.3, -0.25) is 9.48 Å². The van der Waals surface area contributed by atoms with Gasteiger partial charge in [-0.25, -0.2) is 4.79 Å². The third kappa shape index (κ3) is 4.47. The van der Waals surface area contributed by atoms with Gasteiger partial charge in [-0.1, -0.05) is 6.42 Å². The number of aromatic nitrogens is 2. The molecule has 1 aliphatic carbocycles. The Morgan fingerprint density at radius 1 is 1.43 bits per heavy atom. The standard InChI is InChI=1S/C14H22N4O3/c1-18-9-11(8-17-18)3-6-15-13(21)16-10-14(4-2-5-14)7-12(19)20/h8-9H,2-7,10H2,1H3,(H,19,20)(H2,15,16,21). The van der Waals surface area contributed by atoms with E-state index in [1.807, 2.05) is 13.2 Å². The molecule has 0 aromatic carbocycles. The first-order valence-electron chi connectivity index (χ1n) is 7.20. The van der Waals surface area contributed by atoms with E-state index in [1.165, 1.54) is 0 Å². The Hall–Kier alpha value is -2.05. The maximum Gasteiger partial charge on any atom is 0.314 e. The molecule has 1 aliphatic rings. The van der Waals surface area contributed by atoms with Crippen LogP contribution >= 0.6 is 0 Å². The van der Waals surface area contributed by atoms with Crippen molar-refractivity contribution in [1.82, 2.24) is 20.4 Å². The smallest absolute Gasteiger partial charge is 0.314 e. The third-order valence-corrected chi connectivity index (χ3v) is 4.02. The van der Waals surface area contributed by atoms with Crippen molar-refractivity contribution in [2.24, 2.45) is 12.5 Å². The van der Waals surface area contributed by atoms with Crippen LogP contribution in [0.25, 0.3) is 0 Å². The molecule has 1 aromatic heterocycles. The molecule has 0 radical (unpaired) electrons. The minimum absolute atomic E-state index is 0.128. The quantitative estimate of drug-likeness (QED) is 0.696. The van der Waals surface area contributed by atoms with Crippen molar-refractivity contribution in [3.05, 3.63) is 18.0 Å². The summed E-state index contributed by atoms with van der Waals surface area (Å²) in [5, 5.41) is 18.5. The first-order valence-corrected chi connectivity index (χ1v) is 7.20.